The van der Waals surface area contributed by atoms with Crippen molar-refractivity contribution in [3.8, 4) is 0 Å². The quantitative estimate of drug-likeness (QED) is 0.696. The second-order valence-corrected chi connectivity index (χ2v) is 3.17. The number of carbonyl (C=O) groups excluding carboxylic acids is 1. The second kappa shape index (κ2) is 3.83. The third-order valence-corrected chi connectivity index (χ3v) is 2.24. The molecule has 2 atom stereocenters. The van der Waals surface area contributed by atoms with Crippen LogP contribution in [0.4, 0.5) is 8.78 Å². The van der Waals surface area contributed by atoms with Crippen LogP contribution < -0.4 is 5.32 Å². The minimum absolute atomic E-state index is 0.0475. The van der Waals surface area contributed by atoms with E-state index in [0.717, 1.165) is 6.42 Å². The fourth-order valence-corrected chi connectivity index (χ4v) is 1.55. The van der Waals surface area contributed by atoms with Crippen LogP contribution in [0, 0.1) is 5.92 Å². The molecular weight excluding hydrogens is 164 g/mol. The Morgan fingerprint density at radius 2 is 2.33 bits per heavy atom. The molecule has 0 aromatic carbocycles. The highest BCUT2D eigenvalue weighted by Gasteiger charge is 2.31. The van der Waals surface area contributed by atoms with Gasteiger partial charge < -0.3 is 5.32 Å². The Morgan fingerprint density at radius 1 is 1.67 bits per heavy atom. The van der Waals surface area contributed by atoms with Crippen LogP contribution in [0.5, 0.6) is 0 Å². The minimum atomic E-state index is -2.31. The third-order valence-electron chi connectivity index (χ3n) is 2.24. The first-order valence-corrected chi connectivity index (χ1v) is 4.22. The van der Waals surface area contributed by atoms with Gasteiger partial charge in [0.25, 0.3) is 0 Å². The smallest absolute Gasteiger partial charge is 0.240 e. The van der Waals surface area contributed by atoms with E-state index in [1.165, 1.54) is 0 Å². The highest BCUT2D eigenvalue weighted by Crippen LogP contribution is 2.22. The molecule has 1 fully saturated rings. The average Bonchev–Trinajstić information content (AvgIpc) is 2.29. The largest absolute Gasteiger partial charge is 0.353 e. The van der Waals surface area contributed by atoms with E-state index in [0.29, 0.717) is 6.42 Å². The summed E-state index contributed by atoms with van der Waals surface area (Å²) in [6.45, 7) is 1.90. The number of halogens is 2. The summed E-state index contributed by atoms with van der Waals surface area (Å²) in [6.07, 6.45) is -1.21. The molecule has 1 N–H and O–H groups in total. The Kier molecular flexibility index (Phi) is 3.00. The summed E-state index contributed by atoms with van der Waals surface area (Å²) >= 11 is 0. The van der Waals surface area contributed by atoms with Crippen LogP contribution in [0.15, 0.2) is 0 Å². The first-order chi connectivity index (χ1) is 5.63. The summed E-state index contributed by atoms with van der Waals surface area (Å²) in [7, 11) is 0. The normalized spacial score (nSPS) is 29.5. The van der Waals surface area contributed by atoms with Gasteiger partial charge in [-0.25, -0.2) is 8.78 Å². The average molecular weight is 177 g/mol. The standard InChI is InChI=1S/C8H13F2NO/c1-2-5-3-6(4-7(9)10)11-8(5)12/h5-7H,2-4H2,1H3,(H,11,12). The van der Waals surface area contributed by atoms with Gasteiger partial charge in [0.15, 0.2) is 0 Å². The maximum Gasteiger partial charge on any atom is 0.240 e. The molecule has 4 heteroatoms. The predicted octanol–water partition coefficient (Wildman–Crippen LogP) is 1.56. The molecule has 70 valence electrons. The summed E-state index contributed by atoms with van der Waals surface area (Å²) in [5, 5.41) is 2.57. The van der Waals surface area contributed by atoms with Gasteiger partial charge in [-0.15, -0.1) is 0 Å². The van der Waals surface area contributed by atoms with Crippen LogP contribution >= 0.6 is 0 Å². The zero-order valence-corrected chi connectivity index (χ0v) is 7.02. The first kappa shape index (κ1) is 9.42. The Labute approximate surface area is 70.3 Å². The Hall–Kier alpha value is -0.670. The van der Waals surface area contributed by atoms with Crippen LogP contribution in [-0.4, -0.2) is 18.4 Å². The lowest BCUT2D eigenvalue weighted by Gasteiger charge is -2.07. The van der Waals surface area contributed by atoms with Gasteiger partial charge in [-0.1, -0.05) is 6.92 Å². The molecule has 0 aliphatic carbocycles. The maximum atomic E-state index is 11.9. The molecule has 2 unspecified atom stereocenters. The number of hydrogen-bond donors (Lipinski definition) is 1. The van der Waals surface area contributed by atoms with E-state index in [1.54, 1.807) is 0 Å². The van der Waals surface area contributed by atoms with Crippen molar-refractivity contribution in [1.29, 1.82) is 0 Å². The number of carbonyl (C=O) groups is 1. The number of rotatable bonds is 3. The van der Waals surface area contributed by atoms with Gasteiger partial charge in [0, 0.05) is 18.4 Å². The van der Waals surface area contributed by atoms with Gasteiger partial charge in [-0.2, -0.15) is 0 Å². The Balaban J connectivity index is 2.38. The molecule has 2 nitrogen and oxygen atoms in total. The van der Waals surface area contributed by atoms with Gasteiger partial charge in [0.05, 0.1) is 0 Å². The number of hydrogen-bond acceptors (Lipinski definition) is 1. The van der Waals surface area contributed by atoms with E-state index in [2.05, 4.69) is 5.32 Å². The van der Waals surface area contributed by atoms with Crippen LogP contribution in [0.3, 0.4) is 0 Å². The third kappa shape index (κ3) is 2.16. The van der Waals surface area contributed by atoms with Crippen molar-refractivity contribution < 1.29 is 13.6 Å². The zero-order valence-electron chi connectivity index (χ0n) is 7.02. The Bertz CT molecular complexity index is 172. The SMILES string of the molecule is CCC1CC(CC(F)F)NC1=O. The summed E-state index contributed by atoms with van der Waals surface area (Å²) in [5.74, 6) is -0.114. The van der Waals surface area contributed by atoms with Crippen LogP contribution in [0.1, 0.15) is 26.2 Å². The van der Waals surface area contributed by atoms with Crippen molar-refractivity contribution in [2.24, 2.45) is 5.92 Å². The molecule has 1 saturated heterocycles. The van der Waals surface area contributed by atoms with Gasteiger partial charge in [-0.3, -0.25) is 4.79 Å². The van der Waals surface area contributed by atoms with E-state index < -0.39 is 6.43 Å². The van der Waals surface area contributed by atoms with E-state index in [-0.39, 0.29) is 24.3 Å². The molecule has 1 heterocycles. The van der Waals surface area contributed by atoms with Gasteiger partial charge in [0.1, 0.15) is 0 Å². The molecule has 1 aliphatic heterocycles. The van der Waals surface area contributed by atoms with Crippen molar-refractivity contribution in [1.82, 2.24) is 5.32 Å². The molecule has 12 heavy (non-hydrogen) atoms. The van der Waals surface area contributed by atoms with Crippen molar-refractivity contribution in [2.45, 2.75) is 38.7 Å². The lowest BCUT2D eigenvalue weighted by molar-refractivity contribution is -0.122. The molecule has 0 saturated carbocycles. The highest BCUT2D eigenvalue weighted by molar-refractivity contribution is 5.81. The van der Waals surface area contributed by atoms with Gasteiger partial charge in [0.2, 0.25) is 12.3 Å². The maximum absolute atomic E-state index is 11.9. The van der Waals surface area contributed by atoms with Crippen molar-refractivity contribution >= 4 is 5.91 Å². The van der Waals surface area contributed by atoms with E-state index in [9.17, 15) is 13.6 Å². The fourth-order valence-electron chi connectivity index (χ4n) is 1.55. The lowest BCUT2D eigenvalue weighted by atomic mass is 10.0. The van der Waals surface area contributed by atoms with Crippen LogP contribution in [-0.2, 0) is 4.79 Å². The predicted molar refractivity (Wildman–Crippen MR) is 40.9 cm³/mol. The molecule has 0 bridgehead atoms. The van der Waals surface area contributed by atoms with Gasteiger partial charge in [-0.05, 0) is 12.8 Å². The summed E-state index contributed by atoms with van der Waals surface area (Å²) < 4.78 is 23.8. The molecule has 1 rings (SSSR count). The molecule has 0 aromatic rings. The molecule has 0 spiro atoms. The van der Waals surface area contributed by atoms with Gasteiger partial charge >= 0.3 is 0 Å². The molecule has 1 aliphatic rings. The van der Waals surface area contributed by atoms with E-state index in [1.807, 2.05) is 6.92 Å². The minimum Gasteiger partial charge on any atom is -0.353 e. The first-order valence-electron chi connectivity index (χ1n) is 4.22. The monoisotopic (exact) mass is 177 g/mol. The molecular formula is C8H13F2NO. The lowest BCUT2D eigenvalue weighted by Crippen LogP contribution is -2.27. The molecule has 1 amide bonds. The Morgan fingerprint density at radius 3 is 2.75 bits per heavy atom. The summed E-state index contributed by atoms with van der Waals surface area (Å²) in [4.78, 5) is 11.0. The van der Waals surface area contributed by atoms with Crippen LogP contribution in [0.25, 0.3) is 0 Å². The number of alkyl halides is 2. The second-order valence-electron chi connectivity index (χ2n) is 3.17. The fraction of sp³-hybridized carbons (Fsp3) is 0.875. The summed E-state index contributed by atoms with van der Waals surface area (Å²) in [5.41, 5.74) is 0. The molecule has 0 aromatic heterocycles. The topological polar surface area (TPSA) is 29.1 Å². The van der Waals surface area contributed by atoms with Crippen molar-refractivity contribution in [2.75, 3.05) is 0 Å². The van der Waals surface area contributed by atoms with E-state index >= 15 is 0 Å². The van der Waals surface area contributed by atoms with Crippen molar-refractivity contribution in [3.63, 3.8) is 0 Å². The number of nitrogens with one attached hydrogen (secondary N) is 1. The highest BCUT2D eigenvalue weighted by atomic mass is 19.3. The molecule has 0 radical (unpaired) electrons. The van der Waals surface area contributed by atoms with E-state index in [4.69, 9.17) is 0 Å². The van der Waals surface area contributed by atoms with Crippen molar-refractivity contribution in [3.05, 3.63) is 0 Å². The van der Waals surface area contributed by atoms with Crippen LogP contribution in [0.2, 0.25) is 0 Å². The zero-order chi connectivity index (χ0) is 9.14. The number of amides is 1. The summed E-state index contributed by atoms with van der Waals surface area (Å²) in [6, 6.07) is -0.303.